The predicted octanol–water partition coefficient (Wildman–Crippen LogP) is 3.43. The molecule has 1 heterocycles. The van der Waals surface area contributed by atoms with Crippen LogP contribution in [0.15, 0.2) is 84.9 Å². The molecule has 0 radical (unpaired) electrons. The zero-order valence-corrected chi connectivity index (χ0v) is 28.3. The second-order valence-corrected chi connectivity index (χ2v) is 14.3. The number of piperazine rings is 1. The maximum atomic E-state index is 13.8. The Morgan fingerprint density at radius 1 is 0.896 bits per heavy atom. The number of nitrogens with one attached hydrogen (secondary N) is 2. The smallest absolute Gasteiger partial charge is 0.239 e. The van der Waals surface area contributed by atoms with Gasteiger partial charge in [-0.3, -0.25) is 19.3 Å². The summed E-state index contributed by atoms with van der Waals surface area (Å²) >= 11 is 0. The van der Waals surface area contributed by atoms with E-state index in [1.807, 2.05) is 111 Å². The Hall–Kier alpha value is -4.05. The first-order chi connectivity index (χ1) is 23.0. The maximum Gasteiger partial charge on any atom is 0.239 e. The molecule has 256 valence electrons. The predicted molar refractivity (Wildman–Crippen MR) is 186 cm³/mol. The van der Waals surface area contributed by atoms with E-state index in [4.69, 9.17) is 0 Å². The SMILES string of the molecule is CC(C)(C)NC(=O)[C@@H]1CN(C(=O)CCc2ccccc2)CCN1C[C@@H](O)C[C@@H](Cc1ccccc1)C(=O)N[C@H]1c2ccccc2C[C@H]1O. The van der Waals surface area contributed by atoms with E-state index < -0.39 is 35.7 Å². The van der Waals surface area contributed by atoms with Crippen LogP contribution in [0.1, 0.15) is 61.9 Å². The Kier molecular flexibility index (Phi) is 11.7. The third kappa shape index (κ3) is 9.52. The fraction of sp³-hybridized carbons (Fsp3) is 0.462. The van der Waals surface area contributed by atoms with Gasteiger partial charge in [-0.15, -0.1) is 0 Å². The van der Waals surface area contributed by atoms with E-state index in [0.717, 1.165) is 22.3 Å². The van der Waals surface area contributed by atoms with Crippen LogP contribution in [-0.4, -0.2) is 87.7 Å². The topological polar surface area (TPSA) is 122 Å². The van der Waals surface area contributed by atoms with Crippen LogP contribution in [0.2, 0.25) is 0 Å². The lowest BCUT2D eigenvalue weighted by Crippen LogP contribution is -2.62. The van der Waals surface area contributed by atoms with Crippen molar-refractivity contribution < 1.29 is 24.6 Å². The molecule has 3 aromatic rings. The average molecular weight is 655 g/mol. The standard InChI is InChI=1S/C39H50N4O5/c1-39(2,3)41-38(48)33-26-43(35(46)19-18-27-12-6-4-7-13-27)21-20-42(33)25-31(44)23-30(22-28-14-8-5-9-15-28)37(47)40-36-32-17-11-10-16-29(32)24-34(36)45/h4-17,30-31,33-34,36,44-45H,18-26H2,1-3H3,(H,40,47)(H,41,48)/t30-,31+,33+,34-,36+/m1/s1. The minimum atomic E-state index is -0.907. The van der Waals surface area contributed by atoms with Crippen LogP contribution in [0.5, 0.6) is 0 Å². The van der Waals surface area contributed by atoms with Gasteiger partial charge in [0.1, 0.15) is 6.04 Å². The summed E-state index contributed by atoms with van der Waals surface area (Å²) in [5.41, 5.74) is 3.54. The van der Waals surface area contributed by atoms with Crippen LogP contribution < -0.4 is 10.6 Å². The van der Waals surface area contributed by atoms with E-state index in [1.165, 1.54) is 0 Å². The van der Waals surface area contributed by atoms with E-state index in [2.05, 4.69) is 10.6 Å². The van der Waals surface area contributed by atoms with Gasteiger partial charge in [-0.25, -0.2) is 0 Å². The second kappa shape index (κ2) is 15.9. The Morgan fingerprint density at radius 3 is 2.23 bits per heavy atom. The van der Waals surface area contributed by atoms with Gasteiger partial charge in [-0.05, 0) is 62.3 Å². The molecule has 48 heavy (non-hydrogen) atoms. The van der Waals surface area contributed by atoms with Gasteiger partial charge in [0.25, 0.3) is 0 Å². The molecular formula is C39H50N4O5. The van der Waals surface area contributed by atoms with Crippen molar-refractivity contribution in [2.24, 2.45) is 5.92 Å². The van der Waals surface area contributed by atoms with Gasteiger partial charge in [-0.1, -0.05) is 84.9 Å². The molecule has 9 nitrogen and oxygen atoms in total. The van der Waals surface area contributed by atoms with Crippen molar-refractivity contribution in [2.75, 3.05) is 26.2 Å². The molecule has 0 aromatic heterocycles. The molecule has 4 N–H and O–H groups in total. The number of benzene rings is 3. The first kappa shape index (κ1) is 35.3. The molecular weight excluding hydrogens is 604 g/mol. The van der Waals surface area contributed by atoms with Gasteiger partial charge in [0.2, 0.25) is 17.7 Å². The van der Waals surface area contributed by atoms with Crippen LogP contribution in [0.25, 0.3) is 0 Å². The number of amides is 3. The summed E-state index contributed by atoms with van der Waals surface area (Å²) in [5.74, 6) is -0.981. The van der Waals surface area contributed by atoms with Crippen molar-refractivity contribution in [2.45, 2.75) is 82.7 Å². The Labute approximate surface area is 284 Å². The lowest BCUT2D eigenvalue weighted by atomic mass is 9.91. The molecule has 1 saturated heterocycles. The van der Waals surface area contributed by atoms with E-state index >= 15 is 0 Å². The summed E-state index contributed by atoms with van der Waals surface area (Å²) in [6.07, 6.45) is 0.438. The molecule has 9 heteroatoms. The monoisotopic (exact) mass is 654 g/mol. The van der Waals surface area contributed by atoms with Gasteiger partial charge in [-0.2, -0.15) is 0 Å². The number of carbonyl (C=O) groups excluding carboxylic acids is 3. The number of fused-ring (bicyclic) bond motifs is 1. The zero-order chi connectivity index (χ0) is 34.3. The summed E-state index contributed by atoms with van der Waals surface area (Å²) in [5, 5.41) is 28.5. The van der Waals surface area contributed by atoms with Crippen LogP contribution >= 0.6 is 0 Å². The number of aryl methyl sites for hydroxylation is 1. The van der Waals surface area contributed by atoms with Crippen molar-refractivity contribution in [3.8, 4) is 0 Å². The van der Waals surface area contributed by atoms with E-state index in [-0.39, 0.29) is 37.2 Å². The number of nitrogens with zero attached hydrogens (tertiary/aromatic N) is 2. The van der Waals surface area contributed by atoms with Gasteiger partial charge >= 0.3 is 0 Å². The molecule has 1 aliphatic carbocycles. The molecule has 2 aliphatic rings. The number of rotatable bonds is 12. The first-order valence-electron chi connectivity index (χ1n) is 17.1. The van der Waals surface area contributed by atoms with E-state index in [1.54, 1.807) is 4.90 Å². The van der Waals surface area contributed by atoms with Gasteiger partial charge in [0.05, 0.1) is 18.2 Å². The molecule has 3 amide bonds. The second-order valence-electron chi connectivity index (χ2n) is 14.3. The highest BCUT2D eigenvalue weighted by molar-refractivity contribution is 5.84. The van der Waals surface area contributed by atoms with Crippen molar-refractivity contribution in [1.29, 1.82) is 0 Å². The Bertz CT molecular complexity index is 1530. The molecule has 0 unspecified atom stereocenters. The number of hydrogen-bond donors (Lipinski definition) is 4. The van der Waals surface area contributed by atoms with Gasteiger partial charge in [0, 0.05) is 50.5 Å². The third-order valence-electron chi connectivity index (χ3n) is 9.31. The third-order valence-corrected chi connectivity index (χ3v) is 9.31. The first-order valence-corrected chi connectivity index (χ1v) is 17.1. The molecule has 0 spiro atoms. The molecule has 0 saturated carbocycles. The minimum absolute atomic E-state index is 0.00267. The van der Waals surface area contributed by atoms with Gasteiger partial charge < -0.3 is 25.7 Å². The highest BCUT2D eigenvalue weighted by atomic mass is 16.3. The van der Waals surface area contributed by atoms with Crippen molar-refractivity contribution >= 4 is 17.7 Å². The Morgan fingerprint density at radius 2 is 1.54 bits per heavy atom. The normalized spacial score (nSPS) is 20.9. The van der Waals surface area contributed by atoms with Crippen molar-refractivity contribution in [1.82, 2.24) is 20.4 Å². The van der Waals surface area contributed by atoms with Crippen molar-refractivity contribution in [3.63, 3.8) is 0 Å². The highest BCUT2D eigenvalue weighted by Gasteiger charge is 2.38. The minimum Gasteiger partial charge on any atom is -0.392 e. The molecule has 0 bridgehead atoms. The summed E-state index contributed by atoms with van der Waals surface area (Å²) in [7, 11) is 0. The molecule has 1 fully saturated rings. The zero-order valence-electron chi connectivity index (χ0n) is 28.3. The number of hydrogen-bond acceptors (Lipinski definition) is 6. The molecule has 5 rings (SSSR count). The Balaban J connectivity index is 1.27. The lowest BCUT2D eigenvalue weighted by molar-refractivity contribution is -0.139. The summed E-state index contributed by atoms with van der Waals surface area (Å²) < 4.78 is 0. The summed E-state index contributed by atoms with van der Waals surface area (Å²) in [4.78, 5) is 44.4. The summed E-state index contributed by atoms with van der Waals surface area (Å²) in [6, 6.07) is 26.2. The fourth-order valence-electron chi connectivity index (χ4n) is 6.90. The van der Waals surface area contributed by atoms with Crippen LogP contribution in [0, 0.1) is 5.92 Å². The number of β-amino-alcohol motifs (C(OH)–C–C–N with tert-alkyl or cyclic N) is 1. The quantitative estimate of drug-likeness (QED) is 0.238. The van der Waals surface area contributed by atoms with Crippen LogP contribution in [0.4, 0.5) is 0 Å². The van der Waals surface area contributed by atoms with Crippen molar-refractivity contribution in [3.05, 3.63) is 107 Å². The largest absolute Gasteiger partial charge is 0.392 e. The van der Waals surface area contributed by atoms with E-state index in [0.29, 0.717) is 38.8 Å². The van der Waals surface area contributed by atoms with E-state index in [9.17, 15) is 24.6 Å². The maximum absolute atomic E-state index is 13.8. The summed E-state index contributed by atoms with van der Waals surface area (Å²) in [6.45, 7) is 7.05. The lowest BCUT2D eigenvalue weighted by Gasteiger charge is -2.42. The number of carbonyl (C=O) groups is 3. The fourth-order valence-corrected chi connectivity index (χ4v) is 6.90. The van der Waals surface area contributed by atoms with Gasteiger partial charge in [0.15, 0.2) is 0 Å². The number of aliphatic hydroxyl groups excluding tert-OH is 2. The van der Waals surface area contributed by atoms with Crippen LogP contribution in [-0.2, 0) is 33.6 Å². The molecule has 3 aromatic carbocycles. The average Bonchev–Trinajstić information content (AvgIpc) is 3.37. The van der Waals surface area contributed by atoms with Crippen LogP contribution in [0.3, 0.4) is 0 Å². The molecule has 1 aliphatic heterocycles. The molecule has 5 atom stereocenters. The highest BCUT2D eigenvalue weighted by Crippen LogP contribution is 2.32. The number of aliphatic hydroxyl groups is 2.